The summed E-state index contributed by atoms with van der Waals surface area (Å²) in [5.41, 5.74) is 6.77. The van der Waals surface area contributed by atoms with Gasteiger partial charge in [-0.05, 0) is 139 Å². The lowest BCUT2D eigenvalue weighted by atomic mass is 9.98. The average Bonchev–Trinajstić information content (AvgIpc) is 4.01. The molecule has 2 aromatic heterocycles. The van der Waals surface area contributed by atoms with Crippen LogP contribution in [0.25, 0.3) is 0 Å². The van der Waals surface area contributed by atoms with E-state index in [4.69, 9.17) is 37.4 Å². The standard InChI is InChI=1S/C23H21ClN2O3.C18H18F3N3O2.C16H16ClN3O2/c24-18-5-11-21(12-6-18)29-20-9-3-17(4-10-20)23(27)26-19-7-1-16(2-8-19)22-15-25-13-14-28-22;19-18(20,21)11-26-16-6-3-14(10-23-16)17(25)24-15-4-1-12(2-5-15)13-7-8-22-9-13;17-15-6-3-12(9-19-15)16(21)20-13-4-1-11(2-5-13)14-10-18-7-8-22-14/h1-12,22,25H,13-15H2,(H,26,27);1-6,10,13,22H,7-9,11H2,(H,24,25);1-6,9,14,18H,7-8,10H2,(H,20,21)/t;13-;14-/m.10/s1. The van der Waals surface area contributed by atoms with Gasteiger partial charge in [-0.15, -0.1) is 0 Å². The van der Waals surface area contributed by atoms with Gasteiger partial charge in [0, 0.05) is 78.8 Å². The van der Waals surface area contributed by atoms with Crippen molar-refractivity contribution in [3.05, 3.63) is 202 Å². The Labute approximate surface area is 453 Å². The van der Waals surface area contributed by atoms with Crippen LogP contribution in [0.15, 0.2) is 158 Å². The molecule has 5 aromatic carbocycles. The molecule has 6 N–H and O–H groups in total. The largest absolute Gasteiger partial charge is 0.468 e. The number of morpholine rings is 2. The van der Waals surface area contributed by atoms with Gasteiger partial charge in [0.1, 0.15) is 16.7 Å². The van der Waals surface area contributed by atoms with E-state index in [1.54, 1.807) is 60.7 Å². The van der Waals surface area contributed by atoms with E-state index in [0.29, 0.717) is 57.6 Å². The lowest BCUT2D eigenvalue weighted by molar-refractivity contribution is -0.154. The minimum atomic E-state index is -4.43. The maximum Gasteiger partial charge on any atom is 0.422 e. The first-order valence-electron chi connectivity index (χ1n) is 24.7. The molecule has 1 unspecified atom stereocenters. The van der Waals surface area contributed by atoms with E-state index in [-0.39, 0.29) is 35.5 Å². The van der Waals surface area contributed by atoms with E-state index in [1.165, 1.54) is 30.1 Å². The molecule has 0 bridgehead atoms. The van der Waals surface area contributed by atoms with E-state index in [0.717, 1.165) is 68.2 Å². The van der Waals surface area contributed by atoms with E-state index < -0.39 is 18.7 Å². The third kappa shape index (κ3) is 17.6. The highest BCUT2D eigenvalue weighted by Gasteiger charge is 2.29. The van der Waals surface area contributed by atoms with Crippen molar-refractivity contribution in [3.8, 4) is 17.4 Å². The summed E-state index contributed by atoms with van der Waals surface area (Å²) in [6, 6.07) is 43.0. The van der Waals surface area contributed by atoms with Gasteiger partial charge in [0.2, 0.25) is 5.88 Å². The third-order valence-electron chi connectivity index (χ3n) is 12.2. The van der Waals surface area contributed by atoms with E-state index in [2.05, 4.69) is 46.6 Å². The molecular weight excluding hydrogens is 1040 g/mol. The van der Waals surface area contributed by atoms with Crippen molar-refractivity contribution in [2.75, 3.05) is 75.0 Å². The lowest BCUT2D eigenvalue weighted by Crippen LogP contribution is -2.33. The first-order chi connectivity index (χ1) is 37.3. The number of hydrogen-bond acceptors (Lipinski definition) is 12. The molecule has 3 atom stereocenters. The molecule has 3 saturated heterocycles. The van der Waals surface area contributed by atoms with Crippen LogP contribution in [-0.4, -0.2) is 93.0 Å². The van der Waals surface area contributed by atoms with Gasteiger partial charge in [0.05, 0.1) is 36.5 Å². The highest BCUT2D eigenvalue weighted by molar-refractivity contribution is 6.30. The number of nitrogens with zero attached hydrogens (tertiary/aromatic N) is 2. The summed E-state index contributed by atoms with van der Waals surface area (Å²) >= 11 is 11.6. The van der Waals surface area contributed by atoms with Crippen LogP contribution in [0.4, 0.5) is 30.2 Å². The molecule has 0 aliphatic carbocycles. The normalized spacial score (nSPS) is 17.0. The Kier molecular flexibility index (Phi) is 20.0. The Morgan fingerprint density at radius 1 is 0.545 bits per heavy atom. The number of anilines is 3. The predicted molar refractivity (Wildman–Crippen MR) is 290 cm³/mol. The number of halogens is 5. The molecule has 0 saturated carbocycles. The second-order valence-corrected chi connectivity index (χ2v) is 18.6. The van der Waals surface area contributed by atoms with Crippen molar-refractivity contribution in [1.29, 1.82) is 0 Å². The zero-order chi connectivity index (χ0) is 54.0. The number of alkyl halides is 3. The number of pyridine rings is 2. The molecule has 0 radical (unpaired) electrons. The fourth-order valence-corrected chi connectivity index (χ4v) is 8.33. The number of nitrogens with one attached hydrogen (secondary N) is 6. The number of hydrogen-bond donors (Lipinski definition) is 6. The smallest absolute Gasteiger partial charge is 0.422 e. The Morgan fingerprint density at radius 3 is 1.43 bits per heavy atom. The summed E-state index contributed by atoms with van der Waals surface area (Å²) in [6.45, 7) is 5.35. The van der Waals surface area contributed by atoms with Crippen molar-refractivity contribution in [2.45, 2.75) is 30.7 Å². The first-order valence-corrected chi connectivity index (χ1v) is 25.5. The number of rotatable bonds is 13. The number of carbonyl (C=O) groups is 3. The van der Waals surface area contributed by atoms with Gasteiger partial charge in [0.15, 0.2) is 6.61 Å². The molecule has 10 rings (SSSR count). The summed E-state index contributed by atoms with van der Waals surface area (Å²) in [4.78, 5) is 44.4. The van der Waals surface area contributed by atoms with Gasteiger partial charge < -0.3 is 50.8 Å². The van der Waals surface area contributed by atoms with E-state index >= 15 is 0 Å². The predicted octanol–water partition coefficient (Wildman–Crippen LogP) is 11.0. The van der Waals surface area contributed by atoms with Gasteiger partial charge in [-0.25, -0.2) is 9.97 Å². The zero-order valence-electron chi connectivity index (χ0n) is 41.5. The van der Waals surface area contributed by atoms with Crippen LogP contribution in [0, 0.1) is 0 Å². The Morgan fingerprint density at radius 2 is 1.00 bits per heavy atom. The van der Waals surface area contributed by atoms with Crippen LogP contribution in [0.2, 0.25) is 10.2 Å². The third-order valence-corrected chi connectivity index (χ3v) is 12.6. The summed E-state index contributed by atoms with van der Waals surface area (Å²) in [5, 5.41) is 19.4. The maximum absolute atomic E-state index is 12.5. The quantitative estimate of drug-likeness (QED) is 0.0601. The molecule has 20 heteroatoms. The first kappa shape index (κ1) is 55.8. The van der Waals surface area contributed by atoms with Crippen molar-refractivity contribution in [2.24, 2.45) is 0 Å². The van der Waals surface area contributed by atoms with Gasteiger partial charge in [-0.3, -0.25) is 14.4 Å². The molecule has 15 nitrogen and oxygen atoms in total. The molecular formula is C57H55Cl2F3N8O7. The van der Waals surface area contributed by atoms with Gasteiger partial charge in [-0.1, -0.05) is 59.6 Å². The van der Waals surface area contributed by atoms with Gasteiger partial charge in [0.25, 0.3) is 17.7 Å². The topological polar surface area (TPSA) is 186 Å². The van der Waals surface area contributed by atoms with Gasteiger partial charge >= 0.3 is 6.18 Å². The number of carbonyl (C=O) groups excluding carboxylic acids is 3. The van der Waals surface area contributed by atoms with Crippen LogP contribution in [0.1, 0.15) is 72.3 Å². The second kappa shape index (κ2) is 27.6. The zero-order valence-corrected chi connectivity index (χ0v) is 43.0. The van der Waals surface area contributed by atoms with E-state index in [1.807, 2.05) is 72.8 Å². The van der Waals surface area contributed by atoms with Crippen molar-refractivity contribution >= 4 is 58.0 Å². The maximum atomic E-state index is 12.5. The molecule has 5 heterocycles. The fourth-order valence-electron chi connectivity index (χ4n) is 8.09. The summed E-state index contributed by atoms with van der Waals surface area (Å²) in [6.07, 6.45) is -0.577. The molecule has 77 heavy (non-hydrogen) atoms. The molecule has 0 spiro atoms. The fraction of sp³-hybridized carbons (Fsp3) is 0.246. The Balaban J connectivity index is 0.000000154. The van der Waals surface area contributed by atoms with Crippen LogP contribution in [0.3, 0.4) is 0 Å². The number of benzene rings is 5. The van der Waals surface area contributed by atoms with Crippen molar-refractivity contribution in [1.82, 2.24) is 25.9 Å². The second-order valence-electron chi connectivity index (χ2n) is 17.8. The van der Waals surface area contributed by atoms with Crippen LogP contribution in [0.5, 0.6) is 17.4 Å². The number of aromatic nitrogens is 2. The number of amides is 3. The Bertz CT molecular complexity index is 2980. The van der Waals surface area contributed by atoms with Crippen LogP contribution in [-0.2, 0) is 9.47 Å². The highest BCUT2D eigenvalue weighted by atomic mass is 35.5. The summed E-state index contributed by atoms with van der Waals surface area (Å²) in [5.74, 6) is 0.855. The number of ether oxygens (including phenoxy) is 4. The van der Waals surface area contributed by atoms with E-state index in [9.17, 15) is 27.6 Å². The van der Waals surface area contributed by atoms with Crippen LogP contribution >= 0.6 is 23.2 Å². The monoisotopic (exact) mass is 1090 g/mol. The SMILES string of the molecule is O=C(Nc1ccc(C2CNCCO2)cc1)c1ccc(Oc2ccc(Cl)cc2)cc1.O=C(Nc1ccc([C@@H]2CCNC2)cc1)c1ccc(OCC(F)(F)F)nc1.O=C(Nc1ccc([C@@H]2CNCCO2)cc1)c1ccc(Cl)nc1. The molecule has 3 amide bonds. The molecule has 3 fully saturated rings. The highest BCUT2D eigenvalue weighted by Crippen LogP contribution is 2.27. The molecule has 400 valence electrons. The average molecular weight is 1090 g/mol. The summed E-state index contributed by atoms with van der Waals surface area (Å²) in [7, 11) is 0. The minimum Gasteiger partial charge on any atom is -0.468 e. The van der Waals surface area contributed by atoms with Crippen molar-refractivity contribution in [3.63, 3.8) is 0 Å². The van der Waals surface area contributed by atoms with Crippen LogP contribution < -0.4 is 41.4 Å². The molecule has 3 aliphatic rings. The minimum absolute atomic E-state index is 0.0571. The van der Waals surface area contributed by atoms with Crippen molar-refractivity contribution < 1.29 is 46.5 Å². The Hall–Kier alpha value is -7.42. The summed E-state index contributed by atoms with van der Waals surface area (Å²) < 4.78 is 58.0. The molecule has 7 aromatic rings. The molecule has 3 aliphatic heterocycles. The van der Waals surface area contributed by atoms with Gasteiger partial charge in [-0.2, -0.15) is 13.2 Å². The lowest BCUT2D eigenvalue weighted by Gasteiger charge is -2.24.